The third-order valence-electron chi connectivity index (χ3n) is 4.13. The molecule has 160 valence electrons. The van der Waals surface area contributed by atoms with Gasteiger partial charge in [0, 0.05) is 19.8 Å². The van der Waals surface area contributed by atoms with Gasteiger partial charge in [0.1, 0.15) is 17.7 Å². The zero-order chi connectivity index (χ0) is 21.9. The highest BCUT2D eigenvalue weighted by Crippen LogP contribution is 2.15. The minimum absolute atomic E-state index is 0.140. The van der Waals surface area contributed by atoms with Crippen LogP contribution < -0.4 is 10.0 Å². The van der Waals surface area contributed by atoms with Gasteiger partial charge in [0.2, 0.25) is 0 Å². The van der Waals surface area contributed by atoms with Crippen molar-refractivity contribution < 1.29 is 22.7 Å². The molecule has 0 saturated heterocycles. The predicted molar refractivity (Wildman–Crippen MR) is 104 cm³/mol. The second-order valence-corrected chi connectivity index (χ2v) is 8.04. The molecular weight excluding hydrogens is 416 g/mol. The maximum Gasteiger partial charge on any atom is 0.307 e. The number of fused-ring (bicyclic) bond motifs is 1. The lowest BCUT2D eigenvalue weighted by atomic mass is 10.3. The lowest BCUT2D eigenvalue weighted by molar-refractivity contribution is -0.152. The molecule has 3 N–H and O–H groups in total. The van der Waals surface area contributed by atoms with Gasteiger partial charge in [-0.25, -0.2) is 33.1 Å². The van der Waals surface area contributed by atoms with Crippen molar-refractivity contribution in [1.29, 1.82) is 0 Å². The monoisotopic (exact) mass is 436 g/mol. The standard InChI is InChI=1S/C16H20N8O5S/c1-9(16(26)23-15-13-14(18-7-17-13)19-8-20-15)29-12(25)4-5-21-30(27,28)11-6-24(3)10(2)22-11/h6-9,21H,4-5H2,1-3H3,(H2,17,18,19,20,23,26). The van der Waals surface area contributed by atoms with E-state index in [1.807, 2.05) is 0 Å². The van der Waals surface area contributed by atoms with E-state index in [1.54, 1.807) is 18.5 Å². The third kappa shape index (κ3) is 4.77. The van der Waals surface area contributed by atoms with Gasteiger partial charge < -0.3 is 19.6 Å². The van der Waals surface area contributed by atoms with Gasteiger partial charge in [-0.05, 0) is 13.8 Å². The van der Waals surface area contributed by atoms with E-state index < -0.39 is 28.0 Å². The average molecular weight is 436 g/mol. The van der Waals surface area contributed by atoms with Crippen molar-refractivity contribution >= 4 is 38.9 Å². The molecule has 3 aromatic rings. The number of rotatable bonds is 8. The number of aryl methyl sites for hydroxylation is 2. The van der Waals surface area contributed by atoms with E-state index in [0.29, 0.717) is 17.0 Å². The predicted octanol–water partition coefficient (Wildman–Crippen LogP) is -0.366. The Morgan fingerprint density at radius 3 is 2.77 bits per heavy atom. The number of anilines is 1. The van der Waals surface area contributed by atoms with Crippen LogP contribution in [0, 0.1) is 6.92 Å². The molecule has 0 aromatic carbocycles. The molecule has 0 aliphatic heterocycles. The number of ether oxygens (including phenoxy) is 1. The van der Waals surface area contributed by atoms with Gasteiger partial charge in [0.05, 0.1) is 12.7 Å². The molecule has 3 heterocycles. The highest BCUT2D eigenvalue weighted by atomic mass is 32.2. The van der Waals surface area contributed by atoms with Crippen LogP contribution in [0.3, 0.4) is 0 Å². The van der Waals surface area contributed by atoms with Crippen molar-refractivity contribution in [1.82, 2.24) is 34.2 Å². The lowest BCUT2D eigenvalue weighted by Gasteiger charge is -2.13. The van der Waals surface area contributed by atoms with Crippen LogP contribution in [0.5, 0.6) is 0 Å². The number of nitrogens with one attached hydrogen (secondary N) is 3. The summed E-state index contributed by atoms with van der Waals surface area (Å²) in [6.45, 7) is 2.85. The lowest BCUT2D eigenvalue weighted by Crippen LogP contribution is -2.32. The van der Waals surface area contributed by atoms with E-state index in [9.17, 15) is 18.0 Å². The molecule has 0 radical (unpaired) electrons. The third-order valence-corrected chi connectivity index (χ3v) is 5.46. The number of esters is 1. The number of nitrogens with zero attached hydrogens (tertiary/aromatic N) is 5. The number of amides is 1. The van der Waals surface area contributed by atoms with Gasteiger partial charge in [-0.1, -0.05) is 0 Å². The number of aromatic nitrogens is 6. The molecule has 0 bridgehead atoms. The first-order valence-corrected chi connectivity index (χ1v) is 10.3. The molecule has 0 saturated carbocycles. The first-order valence-electron chi connectivity index (χ1n) is 8.81. The minimum Gasteiger partial charge on any atom is -0.452 e. The summed E-state index contributed by atoms with van der Waals surface area (Å²) in [5, 5.41) is 2.38. The average Bonchev–Trinajstić information content (AvgIpc) is 3.29. The summed E-state index contributed by atoms with van der Waals surface area (Å²) < 4.78 is 33.2. The van der Waals surface area contributed by atoms with Crippen LogP contribution in [0.1, 0.15) is 19.2 Å². The Bertz CT molecular complexity index is 1170. The Labute approximate surface area is 171 Å². The molecule has 1 atom stereocenters. The number of carbonyl (C=O) groups is 2. The van der Waals surface area contributed by atoms with Gasteiger partial charge in [-0.2, -0.15) is 0 Å². The van der Waals surface area contributed by atoms with Crippen LogP contribution in [0.2, 0.25) is 0 Å². The second kappa shape index (κ2) is 8.54. The van der Waals surface area contributed by atoms with Crippen molar-refractivity contribution in [3.63, 3.8) is 0 Å². The maximum absolute atomic E-state index is 12.3. The number of hydrogen-bond donors (Lipinski definition) is 3. The molecule has 13 nitrogen and oxygen atoms in total. The van der Waals surface area contributed by atoms with Crippen molar-refractivity contribution in [2.24, 2.45) is 7.05 Å². The van der Waals surface area contributed by atoms with Crippen molar-refractivity contribution in [3.05, 3.63) is 24.7 Å². The van der Waals surface area contributed by atoms with E-state index in [4.69, 9.17) is 4.74 Å². The number of H-pyrrole nitrogens is 1. The summed E-state index contributed by atoms with van der Waals surface area (Å²) in [6.07, 6.45) is 2.63. The van der Waals surface area contributed by atoms with E-state index in [-0.39, 0.29) is 23.8 Å². The summed E-state index contributed by atoms with van der Waals surface area (Å²) in [6, 6.07) is 0. The Balaban J connectivity index is 1.49. The van der Waals surface area contributed by atoms with Crippen LogP contribution in [-0.4, -0.2) is 62.4 Å². The highest BCUT2D eigenvalue weighted by Gasteiger charge is 2.22. The Morgan fingerprint density at radius 1 is 1.30 bits per heavy atom. The summed E-state index contributed by atoms with van der Waals surface area (Å²) in [4.78, 5) is 42.8. The summed E-state index contributed by atoms with van der Waals surface area (Å²) >= 11 is 0. The van der Waals surface area contributed by atoms with Crippen LogP contribution in [-0.2, 0) is 31.4 Å². The first-order chi connectivity index (χ1) is 14.2. The molecule has 0 spiro atoms. The SMILES string of the molecule is Cc1nc(S(=O)(=O)NCCC(=O)OC(C)C(=O)Nc2ncnc3nc[nH]c23)cn1C. The minimum atomic E-state index is -3.85. The molecule has 1 amide bonds. The summed E-state index contributed by atoms with van der Waals surface area (Å²) in [5.74, 6) is -0.621. The van der Waals surface area contributed by atoms with Gasteiger partial charge in [-0.3, -0.25) is 9.59 Å². The molecule has 0 aliphatic rings. The Kier molecular flexibility index (Phi) is 6.07. The molecule has 0 aliphatic carbocycles. The number of carbonyl (C=O) groups excluding carboxylic acids is 2. The van der Waals surface area contributed by atoms with E-state index in [0.717, 1.165) is 0 Å². The zero-order valence-corrected chi connectivity index (χ0v) is 17.2. The largest absolute Gasteiger partial charge is 0.452 e. The number of imidazole rings is 2. The maximum atomic E-state index is 12.3. The van der Waals surface area contributed by atoms with Crippen LogP contribution in [0.4, 0.5) is 5.82 Å². The van der Waals surface area contributed by atoms with Crippen molar-refractivity contribution in [3.8, 4) is 0 Å². The fraction of sp³-hybridized carbons (Fsp3) is 0.375. The molecule has 3 aromatic heterocycles. The number of hydrogen-bond acceptors (Lipinski definition) is 9. The van der Waals surface area contributed by atoms with Gasteiger partial charge in [-0.15, -0.1) is 0 Å². The van der Waals surface area contributed by atoms with Crippen molar-refractivity contribution in [2.75, 3.05) is 11.9 Å². The van der Waals surface area contributed by atoms with Crippen LogP contribution in [0.25, 0.3) is 11.2 Å². The molecular formula is C16H20N8O5S. The smallest absolute Gasteiger partial charge is 0.307 e. The first kappa shape index (κ1) is 21.3. The number of sulfonamides is 1. The van der Waals surface area contributed by atoms with Crippen molar-refractivity contribution in [2.45, 2.75) is 31.4 Å². The quantitative estimate of drug-likeness (QED) is 0.398. The summed E-state index contributed by atoms with van der Waals surface area (Å²) in [7, 11) is -2.18. The van der Waals surface area contributed by atoms with E-state index in [1.165, 1.54) is 25.8 Å². The van der Waals surface area contributed by atoms with Crippen LogP contribution >= 0.6 is 0 Å². The Hall–Kier alpha value is -3.39. The fourth-order valence-electron chi connectivity index (χ4n) is 2.40. The second-order valence-electron chi connectivity index (χ2n) is 6.33. The Morgan fingerprint density at radius 2 is 2.07 bits per heavy atom. The molecule has 30 heavy (non-hydrogen) atoms. The number of aromatic amines is 1. The van der Waals surface area contributed by atoms with Gasteiger partial charge in [0.15, 0.2) is 22.6 Å². The molecule has 1 unspecified atom stereocenters. The van der Waals surface area contributed by atoms with Gasteiger partial charge in [0.25, 0.3) is 15.9 Å². The molecule has 0 fully saturated rings. The topological polar surface area (TPSA) is 174 Å². The summed E-state index contributed by atoms with van der Waals surface area (Å²) in [5.41, 5.74) is 0.809. The highest BCUT2D eigenvalue weighted by molar-refractivity contribution is 7.89. The molecule has 3 rings (SSSR count). The van der Waals surface area contributed by atoms with E-state index >= 15 is 0 Å². The molecule has 14 heteroatoms. The van der Waals surface area contributed by atoms with Gasteiger partial charge >= 0.3 is 5.97 Å². The zero-order valence-electron chi connectivity index (χ0n) is 16.4. The van der Waals surface area contributed by atoms with Crippen LogP contribution in [0.15, 0.2) is 23.9 Å². The fourth-order valence-corrected chi connectivity index (χ4v) is 3.47. The normalized spacial score (nSPS) is 12.6. The van der Waals surface area contributed by atoms with E-state index in [2.05, 4.69) is 35.0 Å².